The van der Waals surface area contributed by atoms with Gasteiger partial charge in [0.1, 0.15) is 18.6 Å². The van der Waals surface area contributed by atoms with Crippen LogP contribution in [0.4, 0.5) is 0 Å². The first-order valence-electron chi connectivity index (χ1n) is 13.8. The van der Waals surface area contributed by atoms with Gasteiger partial charge in [0.05, 0.1) is 38.5 Å². The standard InChI is InChI=1S/C26H56NO6PS/c1-8-10-11-12-13-14-15-16-17-18-19-20-25(9-2)35(30)26(24(3)23-31-7)33-34(28,29)32-22-21-27(4,5)6/h24-26H,8-23H2,1-7H3/p+1. The van der Waals surface area contributed by atoms with Gasteiger partial charge >= 0.3 is 7.82 Å². The SMILES string of the molecule is CCCCCCCCCCCCCC(CC)S(=O)C(OP(=O)(O)OCC[N+](C)(C)C)C(C)COC. The summed E-state index contributed by atoms with van der Waals surface area (Å²) in [7, 11) is 1.74. The van der Waals surface area contributed by atoms with E-state index in [0.29, 0.717) is 17.6 Å². The van der Waals surface area contributed by atoms with E-state index in [9.17, 15) is 13.7 Å². The first-order valence-corrected chi connectivity index (χ1v) is 16.6. The number of hydrogen-bond acceptors (Lipinski definition) is 5. The van der Waals surface area contributed by atoms with Crippen LogP contribution in [-0.4, -0.2) is 72.3 Å². The highest BCUT2D eigenvalue weighted by Gasteiger charge is 2.37. The molecule has 7 nitrogen and oxygen atoms in total. The van der Waals surface area contributed by atoms with Crippen molar-refractivity contribution in [1.82, 2.24) is 0 Å². The van der Waals surface area contributed by atoms with Gasteiger partial charge in [0.15, 0.2) is 0 Å². The number of rotatable bonds is 24. The molecule has 0 amide bonds. The van der Waals surface area contributed by atoms with E-state index >= 15 is 0 Å². The number of phosphoric ester groups is 1. The summed E-state index contributed by atoms with van der Waals surface area (Å²) in [4.78, 5) is 10.3. The van der Waals surface area contributed by atoms with Crippen LogP contribution in [-0.2, 0) is 29.1 Å². The lowest BCUT2D eigenvalue weighted by molar-refractivity contribution is -0.870. The molecule has 5 unspecified atom stereocenters. The van der Waals surface area contributed by atoms with Crippen LogP contribution in [0, 0.1) is 5.92 Å². The fourth-order valence-corrected chi connectivity index (χ4v) is 7.17. The molecule has 0 aliphatic heterocycles. The molecule has 0 rings (SSSR count). The predicted molar refractivity (Wildman–Crippen MR) is 148 cm³/mol. The molecule has 0 aliphatic rings. The van der Waals surface area contributed by atoms with E-state index < -0.39 is 24.1 Å². The van der Waals surface area contributed by atoms with Crippen LogP contribution in [0.3, 0.4) is 0 Å². The Balaban J connectivity index is 4.63. The van der Waals surface area contributed by atoms with Crippen molar-refractivity contribution in [3.8, 4) is 0 Å². The number of phosphoric acid groups is 1. The quantitative estimate of drug-likeness (QED) is 0.0834. The number of ether oxygens (including phenoxy) is 1. The highest BCUT2D eigenvalue weighted by molar-refractivity contribution is 7.86. The van der Waals surface area contributed by atoms with Crippen LogP contribution in [0.1, 0.15) is 104 Å². The fourth-order valence-electron chi connectivity index (χ4n) is 4.02. The molecule has 212 valence electrons. The van der Waals surface area contributed by atoms with Gasteiger partial charge in [0, 0.05) is 18.3 Å². The minimum absolute atomic E-state index is 0.0795. The van der Waals surface area contributed by atoms with Crippen molar-refractivity contribution in [2.75, 3.05) is 48.0 Å². The third kappa shape index (κ3) is 19.0. The molecular weight excluding hydrogens is 485 g/mol. The number of methoxy groups -OCH3 is 1. The van der Waals surface area contributed by atoms with E-state index in [1.54, 1.807) is 7.11 Å². The number of likely N-dealkylation sites (N-methyl/N-ethyl adjacent to an activating group) is 1. The van der Waals surface area contributed by atoms with Crippen molar-refractivity contribution in [2.45, 2.75) is 115 Å². The molecule has 1 N–H and O–H groups in total. The van der Waals surface area contributed by atoms with Gasteiger partial charge in [-0.1, -0.05) is 91.4 Å². The number of unbranched alkanes of at least 4 members (excludes halogenated alkanes) is 10. The molecule has 0 aromatic carbocycles. The molecular formula is C26H57NO6PS+. The maximum atomic E-state index is 13.5. The molecule has 0 radical (unpaired) electrons. The summed E-state index contributed by atoms with van der Waals surface area (Å²) in [5.74, 6) is -0.297. The van der Waals surface area contributed by atoms with Crippen molar-refractivity contribution < 1.29 is 31.9 Å². The predicted octanol–water partition coefficient (Wildman–Crippen LogP) is 6.66. The largest absolute Gasteiger partial charge is 0.473 e. The topological polar surface area (TPSA) is 82.1 Å². The molecule has 0 aromatic heterocycles. The summed E-state index contributed by atoms with van der Waals surface area (Å²) in [6, 6.07) is 0. The van der Waals surface area contributed by atoms with Crippen LogP contribution >= 0.6 is 7.82 Å². The van der Waals surface area contributed by atoms with Gasteiger partial charge in [0.25, 0.3) is 0 Å². The van der Waals surface area contributed by atoms with Gasteiger partial charge in [-0.15, -0.1) is 0 Å². The highest BCUT2D eigenvalue weighted by Crippen LogP contribution is 2.46. The number of nitrogens with zero attached hydrogens (tertiary/aromatic N) is 1. The average molecular weight is 543 g/mol. The molecule has 0 saturated carbocycles. The average Bonchev–Trinajstić information content (AvgIpc) is 2.77. The third-order valence-corrected chi connectivity index (χ3v) is 9.68. The van der Waals surface area contributed by atoms with Crippen LogP contribution in [0.2, 0.25) is 0 Å². The van der Waals surface area contributed by atoms with Crippen LogP contribution < -0.4 is 0 Å². The molecule has 0 aliphatic carbocycles. The second-order valence-electron chi connectivity index (χ2n) is 10.9. The van der Waals surface area contributed by atoms with Crippen LogP contribution in [0.5, 0.6) is 0 Å². The molecule has 0 saturated heterocycles. The lowest BCUT2D eigenvalue weighted by Crippen LogP contribution is -2.38. The molecule has 0 spiro atoms. The van der Waals surface area contributed by atoms with Crippen LogP contribution in [0.25, 0.3) is 0 Å². The summed E-state index contributed by atoms with van der Waals surface area (Å²) in [6.45, 7) is 7.06. The van der Waals surface area contributed by atoms with Gasteiger partial charge in [-0.25, -0.2) is 4.57 Å². The Labute approximate surface area is 219 Å². The Morgan fingerprint density at radius 3 is 1.89 bits per heavy atom. The van der Waals surface area contributed by atoms with Gasteiger partial charge < -0.3 is 14.1 Å². The van der Waals surface area contributed by atoms with Crippen LogP contribution in [0.15, 0.2) is 0 Å². The van der Waals surface area contributed by atoms with E-state index in [1.165, 1.54) is 57.8 Å². The normalized spacial score (nSPS) is 17.6. The lowest BCUT2D eigenvalue weighted by atomic mass is 10.0. The Morgan fingerprint density at radius 2 is 1.43 bits per heavy atom. The van der Waals surface area contributed by atoms with Gasteiger partial charge in [-0.05, 0) is 12.8 Å². The van der Waals surface area contributed by atoms with Crippen molar-refractivity contribution >= 4 is 18.6 Å². The van der Waals surface area contributed by atoms with Gasteiger partial charge in [-0.2, -0.15) is 0 Å². The Hall–Kier alpha value is 0.180. The number of hydrogen-bond donors (Lipinski definition) is 1. The smallest absolute Gasteiger partial charge is 0.384 e. The van der Waals surface area contributed by atoms with Gasteiger partial charge in [0.2, 0.25) is 0 Å². The summed E-state index contributed by atoms with van der Waals surface area (Å²) in [5, 5.41) is -0.0795. The fraction of sp³-hybridized carbons (Fsp3) is 1.00. The van der Waals surface area contributed by atoms with E-state index in [0.717, 1.165) is 25.7 Å². The monoisotopic (exact) mass is 542 g/mol. The zero-order valence-electron chi connectivity index (χ0n) is 23.8. The Bertz CT molecular complexity index is 587. The molecule has 9 heteroatoms. The Morgan fingerprint density at radius 1 is 0.914 bits per heavy atom. The second kappa shape index (κ2) is 20.2. The second-order valence-corrected chi connectivity index (χ2v) is 14.1. The molecule has 35 heavy (non-hydrogen) atoms. The van der Waals surface area contributed by atoms with E-state index in [4.69, 9.17) is 13.8 Å². The molecule has 5 atom stereocenters. The van der Waals surface area contributed by atoms with E-state index in [-0.39, 0.29) is 17.8 Å². The first kappa shape index (κ1) is 35.2. The number of quaternary nitrogens is 1. The minimum Gasteiger partial charge on any atom is -0.384 e. The minimum atomic E-state index is -4.33. The lowest BCUT2D eigenvalue weighted by Gasteiger charge is -2.29. The highest BCUT2D eigenvalue weighted by atomic mass is 32.2. The summed E-state index contributed by atoms with van der Waals surface area (Å²) in [6.07, 6.45) is 15.6. The van der Waals surface area contributed by atoms with E-state index in [2.05, 4.69) is 6.92 Å². The summed E-state index contributed by atoms with van der Waals surface area (Å²) < 4.78 is 42.6. The summed E-state index contributed by atoms with van der Waals surface area (Å²) >= 11 is 0. The van der Waals surface area contributed by atoms with Crippen molar-refractivity contribution in [3.63, 3.8) is 0 Å². The Kier molecular flexibility index (Phi) is 20.3. The zero-order chi connectivity index (χ0) is 26.7. The third-order valence-electron chi connectivity index (χ3n) is 6.29. The molecule has 0 fully saturated rings. The first-order chi connectivity index (χ1) is 16.5. The summed E-state index contributed by atoms with van der Waals surface area (Å²) in [5.41, 5.74) is -0.910. The molecule has 0 heterocycles. The maximum absolute atomic E-state index is 13.5. The van der Waals surface area contributed by atoms with Crippen molar-refractivity contribution in [1.29, 1.82) is 0 Å². The maximum Gasteiger partial charge on any atom is 0.473 e. The van der Waals surface area contributed by atoms with E-state index in [1.807, 2.05) is 35.0 Å². The van der Waals surface area contributed by atoms with Crippen molar-refractivity contribution in [2.24, 2.45) is 5.92 Å². The zero-order valence-corrected chi connectivity index (χ0v) is 25.5. The molecule has 0 bridgehead atoms. The molecule has 0 aromatic rings. The van der Waals surface area contributed by atoms with Gasteiger partial charge in [-0.3, -0.25) is 13.3 Å². The van der Waals surface area contributed by atoms with Crippen molar-refractivity contribution in [3.05, 3.63) is 0 Å².